The van der Waals surface area contributed by atoms with E-state index in [1.165, 1.54) is 0 Å². The van der Waals surface area contributed by atoms with Crippen molar-refractivity contribution in [2.45, 2.75) is 0 Å². The van der Waals surface area contributed by atoms with Crippen LogP contribution in [0.15, 0.2) is 66.9 Å². The molecule has 18 heavy (non-hydrogen) atoms. The maximum atomic E-state index is 12.0. The summed E-state index contributed by atoms with van der Waals surface area (Å²) in [7, 11) is 1.76. The first-order valence-electron chi connectivity index (χ1n) is 5.83. The van der Waals surface area contributed by atoms with Crippen molar-refractivity contribution in [3.63, 3.8) is 0 Å². The summed E-state index contributed by atoms with van der Waals surface area (Å²) >= 11 is 0. The molecule has 1 amide bonds. The summed E-state index contributed by atoms with van der Waals surface area (Å²) in [5, 5.41) is 0. The predicted octanol–water partition coefficient (Wildman–Crippen LogP) is 3.43. The van der Waals surface area contributed by atoms with Gasteiger partial charge in [0, 0.05) is 18.8 Å². The van der Waals surface area contributed by atoms with Gasteiger partial charge in [0.15, 0.2) is 0 Å². The van der Waals surface area contributed by atoms with Gasteiger partial charge in [-0.2, -0.15) is 0 Å². The quantitative estimate of drug-likeness (QED) is 0.801. The van der Waals surface area contributed by atoms with Gasteiger partial charge in [-0.1, -0.05) is 48.5 Å². The maximum Gasteiger partial charge on any atom is 0.257 e. The number of rotatable bonds is 3. The van der Waals surface area contributed by atoms with E-state index in [2.05, 4.69) is 0 Å². The molecule has 2 aromatic rings. The second-order valence-electron chi connectivity index (χ2n) is 4.01. The van der Waals surface area contributed by atoms with E-state index in [9.17, 15) is 4.79 Å². The number of hydrogen-bond donors (Lipinski definition) is 0. The van der Waals surface area contributed by atoms with Crippen molar-refractivity contribution in [3.05, 3.63) is 78.0 Å². The van der Waals surface area contributed by atoms with Crippen molar-refractivity contribution in [1.82, 2.24) is 4.90 Å². The third-order valence-electron chi connectivity index (χ3n) is 2.63. The average Bonchev–Trinajstić information content (AvgIpc) is 2.46. The Bertz CT molecular complexity index is 532. The smallest absolute Gasteiger partial charge is 0.257 e. The highest BCUT2D eigenvalue weighted by molar-refractivity contribution is 5.94. The lowest BCUT2D eigenvalue weighted by atomic mass is 10.2. The molecule has 0 N–H and O–H groups in total. The fraction of sp³-hybridized carbons (Fsp3) is 0.0625. The monoisotopic (exact) mass is 237 g/mol. The minimum absolute atomic E-state index is 0.0113. The largest absolute Gasteiger partial charge is 0.318 e. The Morgan fingerprint density at radius 1 is 0.944 bits per heavy atom. The Hall–Kier alpha value is -2.35. The first-order chi connectivity index (χ1) is 8.77. The molecule has 0 atom stereocenters. The number of carbonyl (C=O) groups is 1. The van der Waals surface area contributed by atoms with Gasteiger partial charge in [0.05, 0.1) is 0 Å². The third kappa shape index (κ3) is 3.08. The number of benzene rings is 2. The van der Waals surface area contributed by atoms with E-state index in [4.69, 9.17) is 0 Å². The second kappa shape index (κ2) is 5.82. The van der Waals surface area contributed by atoms with Crippen LogP contribution in [0.1, 0.15) is 15.9 Å². The molecular weight excluding hydrogens is 222 g/mol. The molecule has 0 unspecified atom stereocenters. The molecule has 90 valence electrons. The van der Waals surface area contributed by atoms with E-state index in [1.54, 1.807) is 18.1 Å². The van der Waals surface area contributed by atoms with Gasteiger partial charge in [-0.05, 0) is 23.8 Å². The van der Waals surface area contributed by atoms with Gasteiger partial charge in [-0.3, -0.25) is 4.79 Å². The molecule has 0 aromatic heterocycles. The van der Waals surface area contributed by atoms with Crippen molar-refractivity contribution < 1.29 is 4.79 Å². The van der Waals surface area contributed by atoms with E-state index in [1.807, 2.05) is 66.7 Å². The highest BCUT2D eigenvalue weighted by Crippen LogP contribution is 2.06. The lowest BCUT2D eigenvalue weighted by molar-refractivity contribution is 0.0851. The fourth-order valence-corrected chi connectivity index (χ4v) is 1.61. The van der Waals surface area contributed by atoms with Crippen molar-refractivity contribution in [2.75, 3.05) is 7.05 Å². The number of nitrogens with zero attached hydrogens (tertiary/aromatic N) is 1. The van der Waals surface area contributed by atoms with E-state index in [0.29, 0.717) is 5.56 Å². The van der Waals surface area contributed by atoms with Crippen molar-refractivity contribution >= 4 is 12.0 Å². The van der Waals surface area contributed by atoms with Crippen LogP contribution in [0.2, 0.25) is 0 Å². The molecule has 0 aliphatic rings. The van der Waals surface area contributed by atoms with Crippen molar-refractivity contribution in [3.8, 4) is 0 Å². The molecule has 0 radical (unpaired) electrons. The van der Waals surface area contributed by atoms with E-state index in [-0.39, 0.29) is 5.91 Å². The molecule has 2 rings (SSSR count). The summed E-state index contributed by atoms with van der Waals surface area (Å²) in [6, 6.07) is 19.2. The van der Waals surface area contributed by atoms with Gasteiger partial charge in [0.2, 0.25) is 0 Å². The minimum atomic E-state index is -0.0113. The van der Waals surface area contributed by atoms with Crippen LogP contribution in [0.5, 0.6) is 0 Å². The van der Waals surface area contributed by atoms with Crippen molar-refractivity contribution in [1.29, 1.82) is 0 Å². The number of carbonyl (C=O) groups excluding carboxylic acids is 1. The SMILES string of the molecule is CN(C=Cc1ccccc1)C(=O)c1ccccc1. The predicted molar refractivity (Wildman–Crippen MR) is 74.0 cm³/mol. The van der Waals surface area contributed by atoms with E-state index in [0.717, 1.165) is 5.56 Å². The summed E-state index contributed by atoms with van der Waals surface area (Å²) in [6.45, 7) is 0. The van der Waals surface area contributed by atoms with Crippen LogP contribution in [-0.4, -0.2) is 17.9 Å². The molecule has 0 saturated heterocycles. The summed E-state index contributed by atoms with van der Waals surface area (Å²) in [5.41, 5.74) is 1.77. The zero-order chi connectivity index (χ0) is 12.8. The van der Waals surface area contributed by atoms with Crippen LogP contribution < -0.4 is 0 Å². The van der Waals surface area contributed by atoms with Crippen LogP contribution in [-0.2, 0) is 0 Å². The lowest BCUT2D eigenvalue weighted by Crippen LogP contribution is -2.20. The fourth-order valence-electron chi connectivity index (χ4n) is 1.61. The molecule has 0 spiro atoms. The summed E-state index contributed by atoms with van der Waals surface area (Å²) < 4.78 is 0. The average molecular weight is 237 g/mol. The third-order valence-corrected chi connectivity index (χ3v) is 2.63. The van der Waals surface area contributed by atoms with Gasteiger partial charge in [-0.25, -0.2) is 0 Å². The lowest BCUT2D eigenvalue weighted by Gasteiger charge is -2.11. The second-order valence-corrected chi connectivity index (χ2v) is 4.01. The van der Waals surface area contributed by atoms with Gasteiger partial charge in [-0.15, -0.1) is 0 Å². The normalized spacial score (nSPS) is 10.5. The Labute approximate surface area is 107 Å². The highest BCUT2D eigenvalue weighted by Gasteiger charge is 2.07. The zero-order valence-electron chi connectivity index (χ0n) is 10.3. The van der Waals surface area contributed by atoms with Crippen LogP contribution in [0.4, 0.5) is 0 Å². The molecule has 0 fully saturated rings. The maximum absolute atomic E-state index is 12.0. The summed E-state index contributed by atoms with van der Waals surface area (Å²) in [6.07, 6.45) is 3.70. The first-order valence-corrected chi connectivity index (χ1v) is 5.83. The molecule has 0 aliphatic heterocycles. The van der Waals surface area contributed by atoms with Crippen LogP contribution >= 0.6 is 0 Å². The van der Waals surface area contributed by atoms with Crippen LogP contribution in [0.25, 0.3) is 6.08 Å². The topological polar surface area (TPSA) is 20.3 Å². The zero-order valence-corrected chi connectivity index (χ0v) is 10.3. The first kappa shape index (κ1) is 12.1. The van der Waals surface area contributed by atoms with Gasteiger partial charge < -0.3 is 4.90 Å². The van der Waals surface area contributed by atoms with Crippen LogP contribution in [0.3, 0.4) is 0 Å². The molecule has 0 heterocycles. The Morgan fingerprint density at radius 2 is 1.50 bits per heavy atom. The minimum Gasteiger partial charge on any atom is -0.318 e. The van der Waals surface area contributed by atoms with Crippen LogP contribution in [0, 0.1) is 0 Å². The molecule has 0 aliphatic carbocycles. The summed E-state index contributed by atoms with van der Waals surface area (Å²) in [5.74, 6) is -0.0113. The molecule has 0 saturated carbocycles. The van der Waals surface area contributed by atoms with Crippen molar-refractivity contribution in [2.24, 2.45) is 0 Å². The number of hydrogen-bond acceptors (Lipinski definition) is 1. The standard InChI is InChI=1S/C16H15NO/c1-17(13-12-14-8-4-2-5-9-14)16(18)15-10-6-3-7-11-15/h2-13H,1H3. The van der Waals surface area contributed by atoms with Gasteiger partial charge in [0.1, 0.15) is 0 Å². The van der Waals surface area contributed by atoms with Gasteiger partial charge >= 0.3 is 0 Å². The Kier molecular flexibility index (Phi) is 3.92. The highest BCUT2D eigenvalue weighted by atomic mass is 16.2. The number of amides is 1. The molecule has 2 heteroatoms. The Morgan fingerprint density at radius 3 is 2.11 bits per heavy atom. The molecular formula is C16H15NO. The van der Waals surface area contributed by atoms with Gasteiger partial charge in [0.25, 0.3) is 5.91 Å². The summed E-state index contributed by atoms with van der Waals surface area (Å²) in [4.78, 5) is 13.6. The Balaban J connectivity index is 2.07. The molecule has 2 nitrogen and oxygen atoms in total. The molecule has 0 bridgehead atoms. The molecule has 2 aromatic carbocycles. The van der Waals surface area contributed by atoms with E-state index < -0.39 is 0 Å². The van der Waals surface area contributed by atoms with E-state index >= 15 is 0 Å².